The maximum Gasteiger partial charge on any atom is 0.263 e. The van der Waals surface area contributed by atoms with Crippen molar-refractivity contribution in [3.05, 3.63) is 70.0 Å². The van der Waals surface area contributed by atoms with Gasteiger partial charge >= 0.3 is 0 Å². The number of alkyl halides is 2. The highest BCUT2D eigenvalue weighted by molar-refractivity contribution is 6.31. The fraction of sp³-hybridized carbons (Fsp3) is 0.143. The zero-order chi connectivity index (χ0) is 14.0. The average molecular weight is 287 g/mol. The Balaban J connectivity index is 2.41. The minimum atomic E-state index is -2.63. The first-order chi connectivity index (χ1) is 8.99. The summed E-state index contributed by atoms with van der Waals surface area (Å²) < 4.78 is 38.3. The molecule has 0 aromatic heterocycles. The molecule has 0 saturated carbocycles. The molecule has 0 saturated heterocycles. The molecule has 0 bridgehead atoms. The summed E-state index contributed by atoms with van der Waals surface area (Å²) in [6, 6.07) is 8.89. The second-order valence-electron chi connectivity index (χ2n) is 4.04. The maximum absolute atomic E-state index is 13.1. The Labute approximate surface area is 113 Å². The third-order valence-electron chi connectivity index (χ3n) is 2.73. The SMILES string of the molecule is OC(c1cccc(C(F)F)c1)c1cc(F)ccc1Cl. The lowest BCUT2D eigenvalue weighted by Gasteiger charge is -2.14. The molecule has 1 N–H and O–H groups in total. The summed E-state index contributed by atoms with van der Waals surface area (Å²) >= 11 is 5.87. The van der Waals surface area contributed by atoms with Crippen molar-refractivity contribution >= 4 is 11.6 Å². The molecular weight excluding hydrogens is 277 g/mol. The van der Waals surface area contributed by atoms with Gasteiger partial charge in [0.2, 0.25) is 0 Å². The molecule has 0 heterocycles. The van der Waals surface area contributed by atoms with Crippen molar-refractivity contribution in [2.45, 2.75) is 12.5 Å². The monoisotopic (exact) mass is 286 g/mol. The van der Waals surface area contributed by atoms with Gasteiger partial charge in [0.1, 0.15) is 11.9 Å². The van der Waals surface area contributed by atoms with Gasteiger partial charge < -0.3 is 5.11 Å². The van der Waals surface area contributed by atoms with E-state index in [-0.39, 0.29) is 21.7 Å². The van der Waals surface area contributed by atoms with Crippen molar-refractivity contribution in [2.75, 3.05) is 0 Å². The van der Waals surface area contributed by atoms with Gasteiger partial charge in [-0.3, -0.25) is 0 Å². The van der Waals surface area contributed by atoms with Gasteiger partial charge in [-0.25, -0.2) is 13.2 Å². The van der Waals surface area contributed by atoms with Crippen LogP contribution < -0.4 is 0 Å². The van der Waals surface area contributed by atoms with E-state index in [2.05, 4.69) is 0 Å². The highest BCUT2D eigenvalue weighted by Crippen LogP contribution is 2.30. The number of halogens is 4. The van der Waals surface area contributed by atoms with Gasteiger partial charge in [-0.1, -0.05) is 29.8 Å². The molecule has 0 aliphatic carbocycles. The minimum Gasteiger partial charge on any atom is -0.384 e. The lowest BCUT2D eigenvalue weighted by atomic mass is 9.99. The Morgan fingerprint density at radius 1 is 1.00 bits per heavy atom. The molecule has 0 aliphatic rings. The Morgan fingerprint density at radius 2 is 1.68 bits per heavy atom. The van der Waals surface area contributed by atoms with Crippen molar-refractivity contribution in [2.24, 2.45) is 0 Å². The van der Waals surface area contributed by atoms with E-state index in [0.717, 1.165) is 12.1 Å². The third-order valence-corrected chi connectivity index (χ3v) is 3.08. The number of hydrogen-bond acceptors (Lipinski definition) is 1. The van der Waals surface area contributed by atoms with Crippen LogP contribution in [0, 0.1) is 5.82 Å². The van der Waals surface area contributed by atoms with Gasteiger partial charge in [0.25, 0.3) is 6.43 Å². The van der Waals surface area contributed by atoms with Crippen LogP contribution >= 0.6 is 11.6 Å². The molecule has 100 valence electrons. The topological polar surface area (TPSA) is 20.2 Å². The summed E-state index contributed by atoms with van der Waals surface area (Å²) in [5.41, 5.74) is 0.183. The largest absolute Gasteiger partial charge is 0.384 e. The average Bonchev–Trinajstić information content (AvgIpc) is 2.41. The van der Waals surface area contributed by atoms with Gasteiger partial charge in [-0.15, -0.1) is 0 Å². The van der Waals surface area contributed by atoms with Gasteiger partial charge in [0.15, 0.2) is 0 Å². The van der Waals surface area contributed by atoms with Crippen molar-refractivity contribution in [1.29, 1.82) is 0 Å². The molecule has 2 aromatic rings. The van der Waals surface area contributed by atoms with E-state index >= 15 is 0 Å². The predicted molar refractivity (Wildman–Crippen MR) is 66.9 cm³/mol. The van der Waals surface area contributed by atoms with E-state index in [9.17, 15) is 18.3 Å². The van der Waals surface area contributed by atoms with Crippen LogP contribution in [-0.2, 0) is 0 Å². The highest BCUT2D eigenvalue weighted by Gasteiger charge is 2.17. The number of aliphatic hydroxyl groups is 1. The highest BCUT2D eigenvalue weighted by atomic mass is 35.5. The molecule has 0 fully saturated rings. The second kappa shape index (κ2) is 5.63. The number of benzene rings is 2. The first kappa shape index (κ1) is 13.9. The van der Waals surface area contributed by atoms with Gasteiger partial charge in [0.05, 0.1) is 0 Å². The Bertz CT molecular complexity index is 587. The number of hydrogen-bond donors (Lipinski definition) is 1. The summed E-state index contributed by atoms with van der Waals surface area (Å²) in [4.78, 5) is 0. The lowest BCUT2D eigenvalue weighted by Crippen LogP contribution is -2.02. The van der Waals surface area contributed by atoms with Gasteiger partial charge in [0, 0.05) is 16.1 Å². The van der Waals surface area contributed by atoms with Crippen LogP contribution in [0.15, 0.2) is 42.5 Å². The fourth-order valence-electron chi connectivity index (χ4n) is 1.77. The van der Waals surface area contributed by atoms with Crippen molar-refractivity contribution in [3.8, 4) is 0 Å². The van der Waals surface area contributed by atoms with Crippen molar-refractivity contribution < 1.29 is 18.3 Å². The first-order valence-electron chi connectivity index (χ1n) is 5.50. The van der Waals surface area contributed by atoms with Gasteiger partial charge in [-0.2, -0.15) is 0 Å². The minimum absolute atomic E-state index is 0.146. The summed E-state index contributed by atoms with van der Waals surface area (Å²) in [5, 5.41) is 10.3. The van der Waals surface area contributed by atoms with Crippen LogP contribution in [0.25, 0.3) is 0 Å². The molecule has 2 aromatic carbocycles. The van der Waals surface area contributed by atoms with Crippen LogP contribution in [0.1, 0.15) is 29.2 Å². The summed E-state index contributed by atoms with van der Waals surface area (Å²) in [5.74, 6) is -0.552. The molecule has 0 spiro atoms. The quantitative estimate of drug-likeness (QED) is 0.881. The molecule has 1 nitrogen and oxygen atoms in total. The molecule has 2 rings (SSSR count). The zero-order valence-corrected chi connectivity index (χ0v) is 10.4. The molecule has 0 radical (unpaired) electrons. The summed E-state index contributed by atoms with van der Waals surface area (Å²) in [6.07, 6.45) is -3.88. The van der Waals surface area contributed by atoms with E-state index in [1.54, 1.807) is 0 Å². The number of rotatable bonds is 3. The normalized spacial score (nSPS) is 12.7. The third kappa shape index (κ3) is 3.08. The van der Waals surface area contributed by atoms with Crippen molar-refractivity contribution in [1.82, 2.24) is 0 Å². The predicted octanol–water partition coefficient (Wildman–Crippen LogP) is 4.50. The molecule has 1 unspecified atom stereocenters. The smallest absolute Gasteiger partial charge is 0.263 e. The standard InChI is InChI=1S/C14H10ClF3O/c15-12-5-4-10(16)7-11(12)13(19)8-2-1-3-9(6-8)14(17)18/h1-7,13-14,19H. The van der Waals surface area contributed by atoms with Crippen LogP contribution in [0.2, 0.25) is 5.02 Å². The Kier molecular flexibility index (Phi) is 4.12. The number of aliphatic hydroxyl groups excluding tert-OH is 1. The van der Waals surface area contributed by atoms with Crippen LogP contribution in [0.3, 0.4) is 0 Å². The molecule has 19 heavy (non-hydrogen) atoms. The van der Waals surface area contributed by atoms with E-state index in [0.29, 0.717) is 0 Å². The summed E-state index contributed by atoms with van der Waals surface area (Å²) in [6.45, 7) is 0. The lowest BCUT2D eigenvalue weighted by molar-refractivity contribution is 0.150. The zero-order valence-electron chi connectivity index (χ0n) is 9.66. The van der Waals surface area contributed by atoms with Crippen LogP contribution in [0.4, 0.5) is 13.2 Å². The van der Waals surface area contributed by atoms with Crippen molar-refractivity contribution in [3.63, 3.8) is 0 Å². The van der Waals surface area contributed by atoms with E-state index in [4.69, 9.17) is 11.6 Å². The van der Waals surface area contributed by atoms with E-state index in [1.165, 1.54) is 30.3 Å². The molecule has 5 heteroatoms. The summed E-state index contributed by atoms with van der Waals surface area (Å²) in [7, 11) is 0. The van der Waals surface area contributed by atoms with Crippen LogP contribution in [0.5, 0.6) is 0 Å². The van der Waals surface area contributed by atoms with E-state index < -0.39 is 18.3 Å². The molecule has 1 atom stereocenters. The molecule has 0 aliphatic heterocycles. The van der Waals surface area contributed by atoms with Crippen LogP contribution in [-0.4, -0.2) is 5.11 Å². The maximum atomic E-state index is 13.1. The molecule has 0 amide bonds. The fourth-order valence-corrected chi connectivity index (χ4v) is 1.99. The second-order valence-corrected chi connectivity index (χ2v) is 4.45. The van der Waals surface area contributed by atoms with E-state index in [1.807, 2.05) is 0 Å². The first-order valence-corrected chi connectivity index (χ1v) is 5.88. The molecular formula is C14H10ClF3O. The Morgan fingerprint density at radius 3 is 2.37 bits per heavy atom. The Hall–Kier alpha value is -1.52. The van der Waals surface area contributed by atoms with Gasteiger partial charge in [-0.05, 0) is 29.8 Å².